The molecule has 0 aliphatic carbocycles. The van der Waals surface area contributed by atoms with Crippen LogP contribution in [0.5, 0.6) is 0 Å². The van der Waals surface area contributed by atoms with Crippen LogP contribution >= 0.6 is 813 Å². The maximum atomic E-state index is 15.5. The second kappa shape index (κ2) is 81.0. The minimum absolute atomic E-state index is 0.396. The Morgan fingerprint density at radius 3 is 0.327 bits per heavy atom. The van der Waals surface area contributed by atoms with Crippen molar-refractivity contribution in [2.75, 3.05) is 0 Å². The lowest BCUT2D eigenvalue weighted by Gasteiger charge is -2.62. The summed E-state index contributed by atoms with van der Waals surface area (Å²) in [5, 5.41) is 15.5. The second-order valence-electron chi connectivity index (χ2n) is 16.5. The van der Waals surface area contributed by atoms with Crippen molar-refractivity contribution in [3.63, 3.8) is 0 Å². The SMILES string of the molecule is N#CP(P(P(P(P(P)P)P(P)P)P(P(P)P)P(P)P)P(P(P(P)P)P(P)P)P(P(PP)P(P)P)P(P(P)P)P(P)P)P(P(P(P(P(P)P)P(P)P)P(P(P)P)P(P)P)P(P(P(P)P)P(P)P)P(P(P)P)P(P)P)P(P(P(P(P)P)P(P)P)P(P(P)P)P(P)P)P(P(P(P)P)P(P)P)P(P(P)P)P(P)P. The first-order valence-electron chi connectivity index (χ1n) is 23.7. The maximum Gasteiger partial charge on any atom is 0.0981 e. The monoisotopic (exact) mass is 3290 g/mol. The van der Waals surface area contributed by atoms with Crippen molar-refractivity contribution in [2.24, 2.45) is 0 Å². The van der Waals surface area contributed by atoms with E-state index in [-0.39, 0.29) is 0 Å². The van der Waals surface area contributed by atoms with Crippen molar-refractivity contribution in [3.05, 3.63) is 0 Å². The molecule has 0 saturated carbocycles. The molecule has 104 heavy (non-hydrogen) atoms. The first-order chi connectivity index (χ1) is 47.4. The summed E-state index contributed by atoms with van der Waals surface area (Å²) < 4.78 is 0. The summed E-state index contributed by atoms with van der Waals surface area (Å²) in [6, 6.07) is 0. The Kier molecular flexibility index (Phi) is 115. The third-order valence-corrected chi connectivity index (χ3v) is 733. The highest BCUT2D eigenvalue weighted by Gasteiger charge is 2.67. The Morgan fingerprint density at radius 1 is 0.135 bits per heavy atom. The smallest absolute Gasteiger partial charge is 0.0981 e. The molecule has 0 aliphatic heterocycles. The van der Waals surface area contributed by atoms with E-state index >= 15 is 5.26 Å². The molecule has 57 atom stereocenters. The van der Waals surface area contributed by atoms with Crippen molar-refractivity contribution < 1.29 is 0 Å². The highest BCUT2D eigenvalue weighted by molar-refractivity contribution is 9.58. The van der Waals surface area contributed by atoms with Crippen LogP contribution in [-0.4, -0.2) is 0 Å². The van der Waals surface area contributed by atoms with Gasteiger partial charge in [-0.05, 0) is 300 Å². The average molecular weight is 3290 g/mol. The van der Waals surface area contributed by atoms with E-state index in [9.17, 15) is 0 Å². The average Bonchev–Trinajstić information content (AvgIpc) is 3.43. The van der Waals surface area contributed by atoms with Crippen LogP contribution < -0.4 is 0 Å². The van der Waals surface area contributed by atoms with Gasteiger partial charge >= 0.3 is 0 Å². The molecule has 0 amide bonds. The Labute approximate surface area is 810 Å². The van der Waals surface area contributed by atoms with Crippen LogP contribution in [0, 0.1) is 11.1 Å². The topological polar surface area (TPSA) is 23.8 Å². The molecule has 0 saturated heterocycles. The minimum atomic E-state index is -1.26. The van der Waals surface area contributed by atoms with Crippen molar-refractivity contribution in [2.45, 2.75) is 0 Å². The molecule has 0 N–H and O–H groups in total. The van der Waals surface area contributed by atoms with Gasteiger partial charge in [0.05, 0.1) is 13.1 Å². The lowest BCUT2D eigenvalue weighted by Crippen LogP contribution is -1.77. The first-order valence-corrected chi connectivity index (χ1v) is 210. The van der Waals surface area contributed by atoms with Gasteiger partial charge in [-0.1, -0.05) is 7.96 Å². The fourth-order valence-corrected chi connectivity index (χ4v) is 1510. The van der Waals surface area contributed by atoms with Gasteiger partial charge in [0.15, 0.2) is 0 Å². The van der Waals surface area contributed by atoms with E-state index in [0.29, 0.717) is 0 Å². The molecule has 57 unspecified atom stereocenters. The zero-order valence-corrected chi connectivity index (χ0v) is 158. The molecule has 0 heterocycles. The number of hydrogen-bond donors (Lipinski definition) is 0. The van der Waals surface area contributed by atoms with Gasteiger partial charge in [-0.25, -0.2) is 0 Å². The fourth-order valence-electron chi connectivity index (χ4n) is 6.40. The molecule has 0 aromatic heterocycles. The highest BCUT2D eigenvalue weighted by atomic mass is 33.6. The van der Waals surface area contributed by atoms with Crippen LogP contribution in [0.4, 0.5) is 0 Å². The normalized spacial score (nSPS) is 16.0. The minimum Gasteiger partial charge on any atom is -0.193 e. The Hall–Kier alpha value is 43.3. The van der Waals surface area contributed by atoms with Crippen molar-refractivity contribution >= 4 is 813 Å². The summed E-state index contributed by atoms with van der Waals surface area (Å²) in [6.45, 7) is -26.8. The second-order valence-corrected chi connectivity index (χ2v) is 439. The first kappa shape index (κ1) is 147. The number of nitrogens with zero attached hydrogens (tertiary/aromatic N) is 1. The van der Waals surface area contributed by atoms with Gasteiger partial charge in [0.1, 0.15) is 0 Å². The van der Waals surface area contributed by atoms with Crippen LogP contribution in [0.2, 0.25) is 0 Å². The molecular weight excluding hydrogens is 3190 g/mol. The summed E-state index contributed by atoms with van der Waals surface area (Å²) in [5.74, 6) is 4.46. The van der Waals surface area contributed by atoms with E-state index in [1.807, 2.05) is 0 Å². The van der Waals surface area contributed by atoms with Crippen molar-refractivity contribution in [1.29, 1.82) is 5.26 Å². The van der Waals surface area contributed by atoms with Gasteiger partial charge in [0.2, 0.25) is 0 Å². The lowest BCUT2D eigenvalue weighted by molar-refractivity contribution is 1.57. The molecular formula is CH103NP102. The zero-order chi connectivity index (χ0) is 82.3. The van der Waals surface area contributed by atoms with E-state index in [4.69, 9.17) is 0 Å². The molecule has 0 fully saturated rings. The van der Waals surface area contributed by atoms with E-state index in [1.54, 1.807) is 0 Å². The molecule has 0 aliphatic rings. The predicted molar refractivity (Wildman–Crippen MR) is 855 cm³/mol. The summed E-state index contributed by atoms with van der Waals surface area (Å²) in [5.41, 5.74) is 0. The largest absolute Gasteiger partial charge is 0.193 e. The van der Waals surface area contributed by atoms with Crippen LogP contribution in [-0.2, 0) is 0 Å². The van der Waals surface area contributed by atoms with E-state index in [1.165, 1.54) is 0 Å². The van der Waals surface area contributed by atoms with Gasteiger partial charge in [-0.2, -0.15) is 5.26 Å². The molecule has 0 aromatic rings. The molecule has 0 spiro atoms. The number of hydrogen-bond acceptors (Lipinski definition) is 1. The Morgan fingerprint density at radius 2 is 0.231 bits per heavy atom. The van der Waals surface area contributed by atoms with Crippen molar-refractivity contribution in [3.8, 4) is 5.81 Å². The van der Waals surface area contributed by atoms with Gasteiger partial charge in [0.25, 0.3) is 0 Å². The lowest BCUT2D eigenvalue weighted by atomic mass is 11.8. The molecule has 0 rings (SSSR count). The van der Waals surface area contributed by atoms with Gasteiger partial charge < -0.3 is 0 Å². The third kappa shape index (κ3) is 51.1. The molecule has 622 valence electrons. The fraction of sp³-hybridized carbons (Fsp3) is 0. The zero-order valence-electron chi connectivity index (χ0n) is 53.3. The summed E-state index contributed by atoms with van der Waals surface area (Å²) in [7, 11) is 189. The summed E-state index contributed by atoms with van der Waals surface area (Å²) in [6.07, 6.45) is 0. The molecule has 0 aromatic carbocycles. The van der Waals surface area contributed by atoms with E-state index in [2.05, 4.69) is 461 Å². The van der Waals surface area contributed by atoms with Crippen LogP contribution in [0.3, 0.4) is 0 Å². The third-order valence-electron chi connectivity index (χ3n) is 9.25. The van der Waals surface area contributed by atoms with E-state index in [0.717, 1.165) is 7.96 Å². The maximum absolute atomic E-state index is 15.5. The molecule has 1 nitrogen and oxygen atoms in total. The standard InChI is InChI=1S/CH103NP102/c2-1-55(82(97(85(59(10)11)60(12)13)86(61(14)15)62(16)17)98(87(63(18)19)64(20)21)96(81(54-3)56(4)5)84(57(6)7)58(8)9)83(99(101(88(65(22)23)66(24)25)89(67(26)27)68(28)29)102(90(69(30)31)70(32)33)91(71(34)35)72(36)37)100(103(92(73(38)39)74(40)41)93(75(42)43)76(44)45)104(94(77(46)47)78(48)49)95(79(50)51)80(52)53/h54H,3-53H2. The van der Waals surface area contributed by atoms with Gasteiger partial charge in [-0.3, -0.25) is 0 Å². The van der Waals surface area contributed by atoms with Gasteiger partial charge in [-0.15, -0.1) is 455 Å². The van der Waals surface area contributed by atoms with Crippen LogP contribution in [0.1, 0.15) is 0 Å². The molecule has 0 bridgehead atoms. The molecule has 0 radical (unpaired) electrons. The molecule has 103 heteroatoms. The van der Waals surface area contributed by atoms with Gasteiger partial charge in [0, 0.05) is 41.9 Å². The Bertz CT molecular complexity index is 1870. The van der Waals surface area contributed by atoms with Crippen LogP contribution in [0.25, 0.3) is 0 Å². The summed E-state index contributed by atoms with van der Waals surface area (Å²) in [4.78, 5) is 0. The van der Waals surface area contributed by atoms with Crippen molar-refractivity contribution in [1.82, 2.24) is 0 Å². The van der Waals surface area contributed by atoms with Crippen LogP contribution in [0.15, 0.2) is 0 Å². The predicted octanol–water partition coefficient (Wildman–Crippen LogP) is 60.3. The summed E-state index contributed by atoms with van der Waals surface area (Å²) >= 11 is 0. The number of rotatable bonds is 50. The Balaban J connectivity index is 14.5. The van der Waals surface area contributed by atoms with E-state index < -0.39 is 350 Å². The number of nitriles is 1. The highest BCUT2D eigenvalue weighted by Crippen LogP contribution is 3.53. The quantitative estimate of drug-likeness (QED) is 0.0557.